The normalized spacial score (nSPS) is 10.5. The molecule has 0 aliphatic rings. The number of benzene rings is 1. The van der Waals surface area contributed by atoms with Crippen molar-refractivity contribution < 1.29 is 4.74 Å². The topological polar surface area (TPSA) is 47.0 Å². The molecule has 0 fully saturated rings. The fraction of sp³-hybridized carbons (Fsp3) is 0.375. The molecule has 2 rings (SSSR count). The SMILES string of the molecule is CCCc1nc(NC)c(C)c(Oc2ccc(Cl)c(C)c2)n1. The lowest BCUT2D eigenvalue weighted by Crippen LogP contribution is -2.05. The zero-order chi connectivity index (χ0) is 15.4. The number of rotatable bonds is 5. The van der Waals surface area contributed by atoms with Gasteiger partial charge in [-0.1, -0.05) is 18.5 Å². The highest BCUT2D eigenvalue weighted by Gasteiger charge is 2.12. The fourth-order valence-corrected chi connectivity index (χ4v) is 2.13. The molecule has 0 atom stereocenters. The van der Waals surface area contributed by atoms with Gasteiger partial charge in [-0.05, 0) is 44.0 Å². The van der Waals surface area contributed by atoms with Gasteiger partial charge < -0.3 is 10.1 Å². The predicted octanol–water partition coefficient (Wildman–Crippen LogP) is 4.53. The van der Waals surface area contributed by atoms with E-state index in [1.165, 1.54) is 0 Å². The maximum atomic E-state index is 6.04. The van der Waals surface area contributed by atoms with Crippen LogP contribution in [0.15, 0.2) is 18.2 Å². The summed E-state index contributed by atoms with van der Waals surface area (Å²) >= 11 is 6.04. The van der Waals surface area contributed by atoms with Crippen molar-refractivity contribution >= 4 is 17.4 Å². The Balaban J connectivity index is 2.37. The Hall–Kier alpha value is -1.81. The van der Waals surface area contributed by atoms with Gasteiger partial charge in [-0.3, -0.25) is 0 Å². The van der Waals surface area contributed by atoms with E-state index in [0.717, 1.165) is 46.4 Å². The van der Waals surface area contributed by atoms with Gasteiger partial charge in [-0.25, -0.2) is 4.98 Å². The van der Waals surface area contributed by atoms with Crippen LogP contribution in [0.1, 0.15) is 30.3 Å². The van der Waals surface area contributed by atoms with Crippen LogP contribution >= 0.6 is 11.6 Å². The van der Waals surface area contributed by atoms with Crippen LogP contribution in [-0.4, -0.2) is 17.0 Å². The van der Waals surface area contributed by atoms with Crippen LogP contribution in [0.3, 0.4) is 0 Å². The standard InChI is InChI=1S/C16H20ClN3O/c1-5-6-14-19-15(18-4)11(3)16(20-14)21-12-7-8-13(17)10(2)9-12/h7-9H,5-6H2,1-4H3,(H,18,19,20). The molecule has 112 valence electrons. The van der Waals surface area contributed by atoms with Crippen LogP contribution < -0.4 is 10.1 Å². The van der Waals surface area contributed by atoms with Gasteiger partial charge in [0.2, 0.25) is 5.88 Å². The van der Waals surface area contributed by atoms with Crippen molar-refractivity contribution in [3.8, 4) is 11.6 Å². The van der Waals surface area contributed by atoms with Crippen LogP contribution in [-0.2, 0) is 6.42 Å². The summed E-state index contributed by atoms with van der Waals surface area (Å²) in [5.74, 6) is 2.89. The van der Waals surface area contributed by atoms with E-state index in [0.29, 0.717) is 5.88 Å². The number of ether oxygens (including phenoxy) is 1. The van der Waals surface area contributed by atoms with E-state index >= 15 is 0 Å². The van der Waals surface area contributed by atoms with Crippen LogP contribution in [0.4, 0.5) is 5.82 Å². The summed E-state index contributed by atoms with van der Waals surface area (Å²) in [6, 6.07) is 5.58. The summed E-state index contributed by atoms with van der Waals surface area (Å²) in [7, 11) is 1.85. The van der Waals surface area contributed by atoms with Crippen molar-refractivity contribution in [3.05, 3.63) is 40.2 Å². The second-order valence-electron chi connectivity index (χ2n) is 4.93. The summed E-state index contributed by atoms with van der Waals surface area (Å²) in [4.78, 5) is 9.00. The van der Waals surface area contributed by atoms with Crippen molar-refractivity contribution in [2.45, 2.75) is 33.6 Å². The number of hydrogen-bond donors (Lipinski definition) is 1. The van der Waals surface area contributed by atoms with Crippen molar-refractivity contribution in [1.82, 2.24) is 9.97 Å². The predicted molar refractivity (Wildman–Crippen MR) is 86.6 cm³/mol. The first-order chi connectivity index (χ1) is 10.0. The molecule has 0 spiro atoms. The number of nitrogens with one attached hydrogen (secondary N) is 1. The van der Waals surface area contributed by atoms with Crippen LogP contribution in [0.2, 0.25) is 5.02 Å². The summed E-state index contributed by atoms with van der Waals surface area (Å²) in [6.07, 6.45) is 1.82. The molecule has 0 aliphatic heterocycles. The molecule has 0 radical (unpaired) electrons. The van der Waals surface area contributed by atoms with E-state index in [9.17, 15) is 0 Å². The Kier molecular flexibility index (Phi) is 5.02. The smallest absolute Gasteiger partial charge is 0.227 e. The highest BCUT2D eigenvalue weighted by atomic mass is 35.5. The Morgan fingerprint density at radius 1 is 1.24 bits per heavy atom. The van der Waals surface area contributed by atoms with Gasteiger partial charge in [0, 0.05) is 18.5 Å². The first-order valence-electron chi connectivity index (χ1n) is 7.04. The monoisotopic (exact) mass is 305 g/mol. The van der Waals surface area contributed by atoms with Gasteiger partial charge in [0.25, 0.3) is 0 Å². The van der Waals surface area contributed by atoms with Crippen molar-refractivity contribution in [2.24, 2.45) is 0 Å². The van der Waals surface area contributed by atoms with Crippen LogP contribution in [0.25, 0.3) is 0 Å². The molecule has 0 amide bonds. The second-order valence-corrected chi connectivity index (χ2v) is 5.34. The van der Waals surface area contributed by atoms with Crippen molar-refractivity contribution in [2.75, 3.05) is 12.4 Å². The van der Waals surface area contributed by atoms with Crippen LogP contribution in [0.5, 0.6) is 11.6 Å². The highest BCUT2D eigenvalue weighted by molar-refractivity contribution is 6.31. The van der Waals surface area contributed by atoms with E-state index in [1.54, 1.807) is 0 Å². The molecule has 1 heterocycles. The first-order valence-corrected chi connectivity index (χ1v) is 7.42. The third-order valence-corrected chi connectivity index (χ3v) is 3.63. The third-order valence-electron chi connectivity index (χ3n) is 3.20. The van der Waals surface area contributed by atoms with Crippen molar-refractivity contribution in [1.29, 1.82) is 0 Å². The lowest BCUT2D eigenvalue weighted by molar-refractivity contribution is 0.454. The largest absolute Gasteiger partial charge is 0.439 e. The summed E-state index contributed by atoms with van der Waals surface area (Å²) in [5.41, 5.74) is 1.87. The fourth-order valence-electron chi connectivity index (χ4n) is 2.01. The lowest BCUT2D eigenvalue weighted by atomic mass is 10.2. The molecule has 0 bridgehead atoms. The number of hydrogen-bond acceptors (Lipinski definition) is 4. The minimum Gasteiger partial charge on any atom is -0.439 e. The van der Waals surface area contributed by atoms with Gasteiger partial charge in [0.1, 0.15) is 17.4 Å². The van der Waals surface area contributed by atoms with Gasteiger partial charge in [-0.15, -0.1) is 0 Å². The zero-order valence-corrected chi connectivity index (χ0v) is 13.6. The molecule has 1 aromatic heterocycles. The molecule has 0 saturated heterocycles. The van der Waals surface area contributed by atoms with E-state index in [4.69, 9.17) is 16.3 Å². The van der Waals surface area contributed by atoms with E-state index < -0.39 is 0 Å². The molecule has 4 nitrogen and oxygen atoms in total. The summed E-state index contributed by atoms with van der Waals surface area (Å²) < 4.78 is 5.92. The maximum Gasteiger partial charge on any atom is 0.227 e. The van der Waals surface area contributed by atoms with Crippen molar-refractivity contribution in [3.63, 3.8) is 0 Å². The minimum atomic E-state index is 0.583. The van der Waals surface area contributed by atoms with Crippen LogP contribution in [0, 0.1) is 13.8 Å². The first kappa shape index (κ1) is 15.6. The number of anilines is 1. The van der Waals surface area contributed by atoms with Gasteiger partial charge in [0.15, 0.2) is 0 Å². The Labute approximate surface area is 130 Å². The number of aryl methyl sites for hydroxylation is 2. The Bertz CT molecular complexity index is 644. The van der Waals surface area contributed by atoms with E-state index in [2.05, 4.69) is 22.2 Å². The quantitative estimate of drug-likeness (QED) is 0.881. The van der Waals surface area contributed by atoms with Gasteiger partial charge in [-0.2, -0.15) is 4.98 Å². The molecule has 0 saturated carbocycles. The molecule has 2 aromatic rings. The average molecular weight is 306 g/mol. The Morgan fingerprint density at radius 3 is 2.62 bits per heavy atom. The number of nitrogens with zero attached hydrogens (tertiary/aromatic N) is 2. The van der Waals surface area contributed by atoms with Gasteiger partial charge >= 0.3 is 0 Å². The second kappa shape index (κ2) is 6.76. The number of aromatic nitrogens is 2. The maximum absolute atomic E-state index is 6.04. The number of halogens is 1. The average Bonchev–Trinajstić information content (AvgIpc) is 2.46. The molecule has 1 aromatic carbocycles. The third kappa shape index (κ3) is 3.64. The van der Waals surface area contributed by atoms with E-state index in [-0.39, 0.29) is 0 Å². The summed E-state index contributed by atoms with van der Waals surface area (Å²) in [6.45, 7) is 5.99. The van der Waals surface area contributed by atoms with E-state index in [1.807, 2.05) is 39.1 Å². The molecule has 21 heavy (non-hydrogen) atoms. The molecule has 0 unspecified atom stereocenters. The lowest BCUT2D eigenvalue weighted by Gasteiger charge is -2.13. The van der Waals surface area contributed by atoms with Gasteiger partial charge in [0.05, 0.1) is 5.56 Å². The minimum absolute atomic E-state index is 0.583. The molecular weight excluding hydrogens is 286 g/mol. The summed E-state index contributed by atoms with van der Waals surface area (Å²) in [5, 5.41) is 3.81. The zero-order valence-electron chi connectivity index (χ0n) is 12.8. The Morgan fingerprint density at radius 2 is 2.00 bits per heavy atom. The highest BCUT2D eigenvalue weighted by Crippen LogP contribution is 2.29. The molecular formula is C16H20ClN3O. The molecule has 5 heteroatoms. The molecule has 1 N–H and O–H groups in total. The molecule has 0 aliphatic carbocycles.